The van der Waals surface area contributed by atoms with Crippen LogP contribution in [0.15, 0.2) is 24.5 Å². The maximum atomic E-state index is 12.2. The van der Waals surface area contributed by atoms with Gasteiger partial charge in [0.2, 0.25) is 0 Å². The highest BCUT2D eigenvalue weighted by atomic mass is 32.2. The first-order valence-corrected chi connectivity index (χ1v) is 9.43. The number of carbonyl (C=O) groups is 1. The summed E-state index contributed by atoms with van der Waals surface area (Å²) in [4.78, 5) is 12.4. The van der Waals surface area contributed by atoms with Gasteiger partial charge in [-0.05, 0) is 11.6 Å². The van der Waals surface area contributed by atoms with Crippen molar-refractivity contribution in [1.29, 1.82) is 0 Å². The van der Waals surface area contributed by atoms with Crippen molar-refractivity contribution in [2.45, 2.75) is 26.3 Å². The van der Waals surface area contributed by atoms with E-state index in [0.29, 0.717) is 38.0 Å². The minimum Gasteiger partial charge on any atom is -0.483 e. The van der Waals surface area contributed by atoms with Crippen LogP contribution in [0.5, 0.6) is 0 Å². The molecule has 0 aromatic carbocycles. The van der Waals surface area contributed by atoms with E-state index >= 15 is 0 Å². The Morgan fingerprint density at radius 3 is 2.67 bits per heavy atom. The average Bonchev–Trinajstić information content (AvgIpc) is 3.05. The van der Waals surface area contributed by atoms with Crippen LogP contribution in [0.4, 0.5) is 0 Å². The summed E-state index contributed by atoms with van der Waals surface area (Å²) < 4.78 is 34.6. The molecule has 0 atom stereocenters. The zero-order chi connectivity index (χ0) is 19.9. The second-order valence-electron chi connectivity index (χ2n) is 5.77. The zero-order valence-electron chi connectivity index (χ0n) is 15.1. The predicted octanol–water partition coefficient (Wildman–Crippen LogP) is -0.287. The summed E-state index contributed by atoms with van der Waals surface area (Å²) >= 11 is 0. The van der Waals surface area contributed by atoms with E-state index in [1.54, 1.807) is 12.4 Å². The van der Waals surface area contributed by atoms with Crippen molar-refractivity contribution in [3.05, 3.63) is 41.7 Å². The number of aromatic nitrogens is 4. The van der Waals surface area contributed by atoms with Crippen molar-refractivity contribution in [2.24, 2.45) is 0 Å². The minimum absolute atomic E-state index is 0.218. The zero-order valence-corrected chi connectivity index (χ0v) is 15.9. The summed E-state index contributed by atoms with van der Waals surface area (Å²) in [6.45, 7) is 1.64. The molecule has 3 rings (SSSR count). The number of ether oxygens (including phenoxy) is 1. The molecule has 0 spiro atoms. The van der Waals surface area contributed by atoms with Crippen LogP contribution in [0.2, 0.25) is 0 Å². The van der Waals surface area contributed by atoms with Gasteiger partial charge in [-0.1, -0.05) is 6.07 Å². The van der Waals surface area contributed by atoms with Crippen LogP contribution in [-0.4, -0.2) is 69.0 Å². The lowest BCUT2D eigenvalue weighted by Crippen LogP contribution is -2.44. The van der Waals surface area contributed by atoms with E-state index in [1.807, 2.05) is 16.7 Å². The van der Waals surface area contributed by atoms with Crippen LogP contribution >= 0.6 is 0 Å². The Morgan fingerprint density at radius 2 is 2.04 bits per heavy atom. The van der Waals surface area contributed by atoms with Crippen LogP contribution in [0.25, 0.3) is 0 Å². The number of hydrogen-bond donors (Lipinski definition) is 1. The van der Waals surface area contributed by atoms with Gasteiger partial charge >= 0.3 is 0 Å². The molecule has 2 aromatic heterocycles. The maximum absolute atomic E-state index is 12.2. The fourth-order valence-electron chi connectivity index (χ4n) is 2.47. The lowest BCUT2D eigenvalue weighted by molar-refractivity contribution is -0.122. The predicted molar refractivity (Wildman–Crippen MR) is 94.5 cm³/mol. The highest BCUT2D eigenvalue weighted by Gasteiger charge is 2.30. The molecular weight excluding hydrogens is 376 g/mol. The van der Waals surface area contributed by atoms with E-state index in [9.17, 15) is 8.42 Å². The monoisotopic (exact) mass is 398 g/mol. The Morgan fingerprint density at radius 1 is 1.30 bits per heavy atom. The van der Waals surface area contributed by atoms with Crippen molar-refractivity contribution in [3.63, 3.8) is 0 Å². The second-order valence-corrected chi connectivity index (χ2v) is 7.91. The van der Waals surface area contributed by atoms with E-state index in [1.165, 1.54) is 22.7 Å². The van der Waals surface area contributed by atoms with Crippen LogP contribution in [-0.2, 0) is 46.0 Å². The fourth-order valence-corrected chi connectivity index (χ4v) is 3.53. The molecule has 12 heteroatoms. The number of nitrogens with zero attached hydrogens (tertiary/aromatic N) is 6. The molecule has 0 bridgehead atoms. The van der Waals surface area contributed by atoms with Crippen LogP contribution in [0, 0.1) is 0 Å². The smallest absolute Gasteiger partial charge is 0.290 e. The molecular formula is C15H22N6O5S. The molecule has 2 aromatic rings. The summed E-state index contributed by atoms with van der Waals surface area (Å²) in [5, 5.41) is 15.1. The molecule has 148 valence electrons. The van der Waals surface area contributed by atoms with Gasteiger partial charge in [-0.3, -0.25) is 9.78 Å². The van der Waals surface area contributed by atoms with Gasteiger partial charge in [0.05, 0.1) is 13.2 Å². The maximum Gasteiger partial charge on any atom is 0.290 e. The highest BCUT2D eigenvalue weighted by Crippen LogP contribution is 2.17. The molecule has 1 aliphatic rings. The topological polar surface area (TPSA) is 131 Å². The molecule has 0 saturated heterocycles. The summed E-state index contributed by atoms with van der Waals surface area (Å²) in [5.74, 6) is 1.34. The van der Waals surface area contributed by atoms with E-state index < -0.39 is 10.2 Å². The SMILES string of the molecule is CN(C)S(=O)(=O)N1CCn2c(COCc3cccnc3)nnc2C1.O=CO. The van der Waals surface area contributed by atoms with Gasteiger partial charge in [-0.25, -0.2) is 0 Å². The van der Waals surface area contributed by atoms with Crippen molar-refractivity contribution in [2.75, 3.05) is 20.6 Å². The first kappa shape index (κ1) is 20.9. The summed E-state index contributed by atoms with van der Waals surface area (Å²) in [7, 11) is -0.399. The quantitative estimate of drug-likeness (QED) is 0.657. The normalized spacial score (nSPS) is 14.3. The van der Waals surface area contributed by atoms with Crippen molar-refractivity contribution in [1.82, 2.24) is 28.4 Å². The van der Waals surface area contributed by atoms with Gasteiger partial charge in [-0.2, -0.15) is 17.0 Å². The molecule has 0 aliphatic carbocycles. The first-order chi connectivity index (χ1) is 12.9. The molecule has 27 heavy (non-hydrogen) atoms. The first-order valence-electron chi connectivity index (χ1n) is 8.03. The number of rotatable bonds is 6. The Bertz CT molecular complexity index is 840. The van der Waals surface area contributed by atoms with Gasteiger partial charge < -0.3 is 14.4 Å². The van der Waals surface area contributed by atoms with Crippen molar-refractivity contribution >= 4 is 16.7 Å². The molecule has 0 radical (unpaired) electrons. The molecule has 1 N–H and O–H groups in total. The molecule has 0 unspecified atom stereocenters. The molecule has 0 amide bonds. The van der Waals surface area contributed by atoms with Crippen LogP contribution in [0.3, 0.4) is 0 Å². The van der Waals surface area contributed by atoms with Gasteiger partial charge in [-0.15, -0.1) is 10.2 Å². The number of pyridine rings is 1. The Labute approximate surface area is 157 Å². The van der Waals surface area contributed by atoms with E-state index in [2.05, 4.69) is 15.2 Å². The Balaban J connectivity index is 0.000000817. The Kier molecular flexibility index (Phi) is 7.36. The molecule has 11 nitrogen and oxygen atoms in total. The summed E-state index contributed by atoms with van der Waals surface area (Å²) in [6.07, 6.45) is 3.47. The van der Waals surface area contributed by atoms with Crippen molar-refractivity contribution in [3.8, 4) is 0 Å². The van der Waals surface area contributed by atoms with Crippen LogP contribution in [0.1, 0.15) is 17.2 Å². The average molecular weight is 398 g/mol. The Hall–Kier alpha value is -2.41. The highest BCUT2D eigenvalue weighted by molar-refractivity contribution is 7.86. The largest absolute Gasteiger partial charge is 0.483 e. The fraction of sp³-hybridized carbons (Fsp3) is 0.467. The second kappa shape index (κ2) is 9.50. The third-order valence-electron chi connectivity index (χ3n) is 3.81. The molecule has 3 heterocycles. The van der Waals surface area contributed by atoms with Gasteiger partial charge in [0.1, 0.15) is 12.4 Å². The van der Waals surface area contributed by atoms with Gasteiger partial charge in [0, 0.05) is 39.6 Å². The molecule has 0 saturated carbocycles. The number of carboxylic acid groups (broad SMARTS) is 1. The minimum atomic E-state index is -3.44. The van der Waals surface area contributed by atoms with E-state index in [0.717, 1.165) is 5.56 Å². The number of fused-ring (bicyclic) bond motifs is 1. The molecule has 0 fully saturated rings. The summed E-state index contributed by atoms with van der Waals surface area (Å²) in [6, 6.07) is 3.80. The third kappa shape index (κ3) is 5.29. The van der Waals surface area contributed by atoms with E-state index in [4.69, 9.17) is 14.6 Å². The lowest BCUT2D eigenvalue weighted by Gasteiger charge is -2.29. The third-order valence-corrected chi connectivity index (χ3v) is 5.69. The van der Waals surface area contributed by atoms with Crippen LogP contribution < -0.4 is 0 Å². The van der Waals surface area contributed by atoms with Crippen molar-refractivity contribution < 1.29 is 23.1 Å². The van der Waals surface area contributed by atoms with E-state index in [-0.39, 0.29) is 13.0 Å². The lowest BCUT2D eigenvalue weighted by atomic mass is 10.3. The molecule has 1 aliphatic heterocycles. The summed E-state index contributed by atoms with van der Waals surface area (Å²) in [5.41, 5.74) is 0.985. The standard InChI is InChI=1S/C14H20N6O3S.CH2O2/c1-18(2)24(21,22)19-6-7-20-13(9-19)16-17-14(20)11-23-10-12-4-3-5-15-8-12;2-1-3/h3-5,8H,6-7,9-11H2,1-2H3;1H,(H,2,3). The number of hydrogen-bond acceptors (Lipinski definition) is 7. The van der Waals surface area contributed by atoms with Gasteiger partial charge in [0.15, 0.2) is 5.82 Å². The van der Waals surface area contributed by atoms with Gasteiger partial charge in [0.25, 0.3) is 16.7 Å².